The second-order valence-corrected chi connectivity index (χ2v) is 9.03. The molecule has 2 atom stereocenters. The van der Waals surface area contributed by atoms with Gasteiger partial charge in [-0.2, -0.15) is 0 Å². The zero-order chi connectivity index (χ0) is 22.1. The summed E-state index contributed by atoms with van der Waals surface area (Å²) < 4.78 is 1.89. The van der Waals surface area contributed by atoms with Gasteiger partial charge in [0.25, 0.3) is 0 Å². The molecular weight excluding hydrogens is 418 g/mol. The van der Waals surface area contributed by atoms with Gasteiger partial charge < -0.3 is 10.7 Å². The van der Waals surface area contributed by atoms with Gasteiger partial charge in [-0.05, 0) is 31.5 Å². The van der Waals surface area contributed by atoms with Crippen LogP contribution < -0.4 is 10.7 Å². The van der Waals surface area contributed by atoms with E-state index in [2.05, 4.69) is 52.1 Å². The lowest BCUT2D eigenvalue weighted by Crippen LogP contribution is -2.41. The smallest absolute Gasteiger partial charge is 0.240 e. The molecule has 2 N–H and O–H groups in total. The number of nitrogens with zero attached hydrogens (tertiary/aromatic N) is 3. The van der Waals surface area contributed by atoms with Gasteiger partial charge in [-0.3, -0.25) is 4.79 Å². The molecule has 0 radical (unpaired) electrons. The first-order valence-corrected chi connectivity index (χ1v) is 11.3. The first-order chi connectivity index (χ1) is 15.6. The van der Waals surface area contributed by atoms with Crippen molar-refractivity contribution in [2.75, 3.05) is 10.7 Å². The van der Waals surface area contributed by atoms with Crippen LogP contribution in [0.15, 0.2) is 84.0 Å². The molecule has 0 saturated carbocycles. The Bertz CT molecular complexity index is 1240. The van der Waals surface area contributed by atoms with Crippen LogP contribution in [-0.4, -0.2) is 26.0 Å². The first kappa shape index (κ1) is 20.3. The minimum absolute atomic E-state index is 0.0764. The molecule has 1 aliphatic rings. The van der Waals surface area contributed by atoms with Gasteiger partial charge in [0.15, 0.2) is 5.82 Å². The van der Waals surface area contributed by atoms with E-state index in [0.29, 0.717) is 5.16 Å². The van der Waals surface area contributed by atoms with Gasteiger partial charge in [0.1, 0.15) is 5.25 Å². The number of aryl methyl sites for hydroxylation is 2. The van der Waals surface area contributed by atoms with Crippen molar-refractivity contribution in [2.24, 2.45) is 0 Å². The standard InChI is InChI=1S/C25H23N5OS/c1-16-8-12-18(13-9-16)21-22(24(31)26-20-14-10-17(2)11-15-20)32-25-28-27-23(30(25)29-21)19-6-4-3-5-7-19/h3-15,21-22,29H,1-2H3,(H,26,31)/t21-,22+/m1/s1. The zero-order valence-electron chi connectivity index (χ0n) is 17.8. The number of benzene rings is 3. The van der Waals surface area contributed by atoms with Crippen molar-refractivity contribution >= 4 is 23.4 Å². The summed E-state index contributed by atoms with van der Waals surface area (Å²) in [6.45, 7) is 4.08. The van der Waals surface area contributed by atoms with Crippen molar-refractivity contribution in [3.63, 3.8) is 0 Å². The van der Waals surface area contributed by atoms with E-state index < -0.39 is 5.25 Å². The van der Waals surface area contributed by atoms with Crippen LogP contribution in [0.5, 0.6) is 0 Å². The number of fused-ring (bicyclic) bond motifs is 1. The van der Waals surface area contributed by atoms with Gasteiger partial charge in [0.05, 0.1) is 6.04 Å². The molecule has 0 bridgehead atoms. The summed E-state index contributed by atoms with van der Waals surface area (Å²) in [6.07, 6.45) is 0. The number of thioether (sulfide) groups is 1. The van der Waals surface area contributed by atoms with Gasteiger partial charge >= 0.3 is 0 Å². The Balaban J connectivity index is 1.50. The molecule has 160 valence electrons. The van der Waals surface area contributed by atoms with Crippen molar-refractivity contribution in [1.82, 2.24) is 14.9 Å². The predicted octanol–water partition coefficient (Wildman–Crippen LogP) is 4.96. The Kier molecular flexibility index (Phi) is 5.41. The molecule has 1 amide bonds. The molecule has 32 heavy (non-hydrogen) atoms. The lowest BCUT2D eigenvalue weighted by Gasteiger charge is -2.33. The average molecular weight is 442 g/mol. The summed E-state index contributed by atoms with van der Waals surface area (Å²) >= 11 is 1.42. The Morgan fingerprint density at radius 1 is 0.906 bits per heavy atom. The van der Waals surface area contributed by atoms with E-state index in [1.807, 2.05) is 66.2 Å². The maximum Gasteiger partial charge on any atom is 0.240 e. The molecule has 5 rings (SSSR count). The zero-order valence-corrected chi connectivity index (χ0v) is 18.6. The van der Waals surface area contributed by atoms with Crippen LogP contribution in [0.4, 0.5) is 5.69 Å². The lowest BCUT2D eigenvalue weighted by molar-refractivity contribution is -0.116. The molecule has 3 aromatic carbocycles. The second kappa shape index (κ2) is 8.51. The SMILES string of the molecule is Cc1ccc(NC(=O)[C@H]2Sc3nnc(-c4ccccc4)n3N[C@@H]2c2ccc(C)cc2)cc1. The molecule has 7 heteroatoms. The highest BCUT2D eigenvalue weighted by Crippen LogP contribution is 2.39. The van der Waals surface area contributed by atoms with Crippen molar-refractivity contribution in [3.05, 3.63) is 95.6 Å². The molecular formula is C25H23N5OS. The number of carbonyl (C=O) groups is 1. The normalized spacial score (nSPS) is 17.3. The van der Waals surface area contributed by atoms with Crippen LogP contribution in [0.3, 0.4) is 0 Å². The number of amides is 1. The Morgan fingerprint density at radius 3 is 2.25 bits per heavy atom. The van der Waals surface area contributed by atoms with E-state index in [-0.39, 0.29) is 11.9 Å². The molecule has 0 spiro atoms. The van der Waals surface area contributed by atoms with E-state index in [9.17, 15) is 4.79 Å². The summed E-state index contributed by atoms with van der Waals surface area (Å²) in [5.74, 6) is 0.648. The van der Waals surface area contributed by atoms with E-state index in [4.69, 9.17) is 0 Å². The minimum Gasteiger partial charge on any atom is -0.325 e. The summed E-state index contributed by atoms with van der Waals surface area (Å²) in [6, 6.07) is 25.8. The first-order valence-electron chi connectivity index (χ1n) is 10.5. The largest absolute Gasteiger partial charge is 0.325 e. The Morgan fingerprint density at radius 2 is 1.56 bits per heavy atom. The highest BCUT2D eigenvalue weighted by molar-refractivity contribution is 8.00. The number of aromatic nitrogens is 3. The molecule has 1 aromatic heterocycles. The van der Waals surface area contributed by atoms with Crippen LogP contribution in [-0.2, 0) is 4.79 Å². The highest BCUT2D eigenvalue weighted by atomic mass is 32.2. The van der Waals surface area contributed by atoms with E-state index in [1.54, 1.807) is 0 Å². The van der Waals surface area contributed by atoms with Crippen LogP contribution in [0.2, 0.25) is 0 Å². The van der Waals surface area contributed by atoms with Gasteiger partial charge in [-0.25, -0.2) is 4.68 Å². The third kappa shape index (κ3) is 3.99. The van der Waals surface area contributed by atoms with Gasteiger partial charge in [0, 0.05) is 11.3 Å². The Labute approximate surface area is 191 Å². The third-order valence-electron chi connectivity index (χ3n) is 5.48. The van der Waals surface area contributed by atoms with Crippen LogP contribution in [0.1, 0.15) is 22.7 Å². The maximum atomic E-state index is 13.4. The third-order valence-corrected chi connectivity index (χ3v) is 6.70. The summed E-state index contributed by atoms with van der Waals surface area (Å²) in [5, 5.41) is 12.1. The minimum atomic E-state index is -0.417. The average Bonchev–Trinajstić information content (AvgIpc) is 3.24. The molecule has 0 saturated heterocycles. The fourth-order valence-corrected chi connectivity index (χ4v) is 4.78. The molecule has 4 aromatic rings. The summed E-state index contributed by atoms with van der Waals surface area (Å²) in [7, 11) is 0. The van der Waals surface area contributed by atoms with Gasteiger partial charge in [-0.15, -0.1) is 10.2 Å². The second-order valence-electron chi connectivity index (χ2n) is 7.92. The number of anilines is 1. The van der Waals surface area contributed by atoms with Crippen molar-refractivity contribution in [3.8, 4) is 11.4 Å². The molecule has 1 aliphatic heterocycles. The number of rotatable bonds is 4. The van der Waals surface area contributed by atoms with Crippen LogP contribution in [0.25, 0.3) is 11.4 Å². The van der Waals surface area contributed by atoms with Gasteiger partial charge in [-0.1, -0.05) is 89.6 Å². The van der Waals surface area contributed by atoms with E-state index in [0.717, 1.165) is 28.2 Å². The number of hydrogen-bond donors (Lipinski definition) is 2. The van der Waals surface area contributed by atoms with Crippen molar-refractivity contribution < 1.29 is 4.79 Å². The maximum absolute atomic E-state index is 13.4. The molecule has 0 aliphatic carbocycles. The monoisotopic (exact) mass is 441 g/mol. The number of hydrogen-bond acceptors (Lipinski definition) is 5. The fraction of sp³-hybridized carbons (Fsp3) is 0.160. The van der Waals surface area contributed by atoms with E-state index in [1.165, 1.54) is 17.3 Å². The predicted molar refractivity (Wildman–Crippen MR) is 128 cm³/mol. The number of nitrogens with one attached hydrogen (secondary N) is 2. The molecule has 2 heterocycles. The van der Waals surface area contributed by atoms with Crippen molar-refractivity contribution in [1.29, 1.82) is 0 Å². The summed E-state index contributed by atoms with van der Waals surface area (Å²) in [5.41, 5.74) is 8.61. The summed E-state index contributed by atoms with van der Waals surface area (Å²) in [4.78, 5) is 13.4. The quantitative estimate of drug-likeness (QED) is 0.468. The molecule has 6 nitrogen and oxygen atoms in total. The Hall–Kier alpha value is -3.58. The highest BCUT2D eigenvalue weighted by Gasteiger charge is 2.38. The molecule has 0 unspecified atom stereocenters. The number of carbonyl (C=O) groups excluding carboxylic acids is 1. The fourth-order valence-electron chi connectivity index (χ4n) is 3.70. The van der Waals surface area contributed by atoms with Crippen LogP contribution >= 0.6 is 11.8 Å². The van der Waals surface area contributed by atoms with Crippen molar-refractivity contribution in [2.45, 2.75) is 30.3 Å². The van der Waals surface area contributed by atoms with E-state index >= 15 is 0 Å². The molecule has 0 fully saturated rings. The topological polar surface area (TPSA) is 71.8 Å². The van der Waals surface area contributed by atoms with Crippen LogP contribution in [0, 0.1) is 13.8 Å². The van der Waals surface area contributed by atoms with Gasteiger partial charge in [0.2, 0.25) is 11.1 Å². The lowest BCUT2D eigenvalue weighted by atomic mass is 10.0.